The van der Waals surface area contributed by atoms with Crippen LogP contribution in [0.4, 0.5) is 5.69 Å². The van der Waals surface area contributed by atoms with Gasteiger partial charge in [-0.2, -0.15) is 0 Å². The van der Waals surface area contributed by atoms with Crippen LogP contribution >= 0.6 is 0 Å². The lowest BCUT2D eigenvalue weighted by Crippen LogP contribution is -2.26. The van der Waals surface area contributed by atoms with Gasteiger partial charge in [-0.15, -0.1) is 0 Å². The highest BCUT2D eigenvalue weighted by atomic mass is 15.1. The normalized spacial score (nSPS) is 16.6. The lowest BCUT2D eigenvalue weighted by atomic mass is 9.94. The molecule has 2 heteroatoms. The van der Waals surface area contributed by atoms with Crippen molar-refractivity contribution in [3.8, 4) is 0 Å². The molecule has 0 aliphatic carbocycles. The van der Waals surface area contributed by atoms with Crippen molar-refractivity contribution in [1.29, 1.82) is 0 Å². The summed E-state index contributed by atoms with van der Waals surface area (Å²) < 4.78 is 0. The Morgan fingerprint density at radius 1 is 1.10 bits per heavy atom. The Labute approximate surface area is 130 Å². The van der Waals surface area contributed by atoms with Crippen LogP contribution in [0.2, 0.25) is 0 Å². The first-order valence-electron chi connectivity index (χ1n) is 8.40. The molecular weight excluding hydrogens is 256 g/mol. The molecule has 1 aliphatic heterocycles. The minimum absolute atomic E-state index is 0.743. The van der Waals surface area contributed by atoms with Gasteiger partial charge in [0, 0.05) is 18.8 Å². The van der Waals surface area contributed by atoms with Gasteiger partial charge in [0.15, 0.2) is 0 Å². The van der Waals surface area contributed by atoms with E-state index in [0.717, 1.165) is 32.1 Å². The second-order valence-corrected chi connectivity index (χ2v) is 6.11. The first-order chi connectivity index (χ1) is 10.2. The Balaban J connectivity index is 2.18. The van der Waals surface area contributed by atoms with Crippen molar-refractivity contribution in [2.45, 2.75) is 40.5 Å². The third-order valence-electron chi connectivity index (χ3n) is 4.63. The van der Waals surface area contributed by atoms with Gasteiger partial charge in [0.2, 0.25) is 0 Å². The van der Waals surface area contributed by atoms with Gasteiger partial charge in [0.25, 0.3) is 0 Å². The zero-order valence-electron chi connectivity index (χ0n) is 14.1. The van der Waals surface area contributed by atoms with Crippen molar-refractivity contribution in [1.82, 2.24) is 5.32 Å². The summed E-state index contributed by atoms with van der Waals surface area (Å²) in [6, 6.07) is 4.67. The molecule has 2 rings (SSSR count). The molecule has 0 bridgehead atoms. The molecule has 0 unspecified atom stereocenters. The minimum Gasteiger partial charge on any atom is -0.372 e. The van der Waals surface area contributed by atoms with Crippen LogP contribution in [0.1, 0.15) is 43.4 Å². The van der Waals surface area contributed by atoms with E-state index in [-0.39, 0.29) is 0 Å². The van der Waals surface area contributed by atoms with E-state index in [9.17, 15) is 0 Å². The maximum atomic E-state index is 3.43. The van der Waals surface area contributed by atoms with Crippen molar-refractivity contribution in [3.05, 3.63) is 34.9 Å². The third kappa shape index (κ3) is 4.10. The Hall–Kier alpha value is -1.28. The largest absolute Gasteiger partial charge is 0.372 e. The molecule has 0 aromatic heterocycles. The van der Waals surface area contributed by atoms with Gasteiger partial charge in [0.05, 0.1) is 0 Å². The van der Waals surface area contributed by atoms with Crippen LogP contribution in [-0.4, -0.2) is 26.2 Å². The number of rotatable bonds is 5. The number of benzene rings is 1. The van der Waals surface area contributed by atoms with Crippen LogP contribution in [0.25, 0.3) is 6.08 Å². The summed E-state index contributed by atoms with van der Waals surface area (Å²) in [5, 5.41) is 3.43. The fourth-order valence-electron chi connectivity index (χ4n) is 3.26. The number of hydrogen-bond donors (Lipinski definition) is 1. The van der Waals surface area contributed by atoms with Crippen molar-refractivity contribution in [2.75, 3.05) is 31.1 Å². The van der Waals surface area contributed by atoms with Crippen molar-refractivity contribution in [2.24, 2.45) is 5.92 Å². The maximum Gasteiger partial charge on any atom is 0.0371 e. The topological polar surface area (TPSA) is 15.3 Å². The Morgan fingerprint density at radius 2 is 1.67 bits per heavy atom. The second-order valence-electron chi connectivity index (χ2n) is 6.11. The molecule has 1 N–H and O–H groups in total. The van der Waals surface area contributed by atoms with E-state index >= 15 is 0 Å². The highest BCUT2D eigenvalue weighted by Crippen LogP contribution is 2.25. The predicted octanol–water partition coefficient (Wildman–Crippen LogP) is 4.16. The van der Waals surface area contributed by atoms with E-state index in [1.807, 2.05) is 0 Å². The molecule has 0 spiro atoms. The standard InChI is InChI=1S/C19H30N2/c1-5-21(6-2)18-13-15(3)19(16(4)14-18)8-7-17-9-11-20-12-10-17/h7-8,13-14,17,20H,5-6,9-12H2,1-4H3. The van der Waals surface area contributed by atoms with Crippen molar-refractivity contribution in [3.63, 3.8) is 0 Å². The number of anilines is 1. The Bertz CT molecular complexity index is 457. The van der Waals surface area contributed by atoms with Gasteiger partial charge in [-0.1, -0.05) is 12.2 Å². The van der Waals surface area contributed by atoms with Crippen LogP contribution in [-0.2, 0) is 0 Å². The average molecular weight is 286 g/mol. The number of allylic oxidation sites excluding steroid dienone is 1. The molecule has 2 nitrogen and oxygen atoms in total. The zero-order chi connectivity index (χ0) is 15.2. The van der Waals surface area contributed by atoms with Gasteiger partial charge >= 0.3 is 0 Å². The van der Waals surface area contributed by atoms with Gasteiger partial charge in [-0.3, -0.25) is 0 Å². The molecule has 1 aromatic rings. The van der Waals surface area contributed by atoms with E-state index in [4.69, 9.17) is 0 Å². The van der Waals surface area contributed by atoms with Gasteiger partial charge in [-0.05, 0) is 88.4 Å². The van der Waals surface area contributed by atoms with E-state index in [1.165, 1.54) is 35.2 Å². The monoisotopic (exact) mass is 286 g/mol. The maximum absolute atomic E-state index is 3.43. The molecule has 21 heavy (non-hydrogen) atoms. The van der Waals surface area contributed by atoms with Crippen LogP contribution in [0.5, 0.6) is 0 Å². The summed E-state index contributed by atoms with van der Waals surface area (Å²) in [5.74, 6) is 0.743. The fourth-order valence-corrected chi connectivity index (χ4v) is 3.26. The lowest BCUT2D eigenvalue weighted by molar-refractivity contribution is 0.438. The number of aryl methyl sites for hydroxylation is 2. The number of piperidine rings is 1. The minimum atomic E-state index is 0.743. The van der Waals surface area contributed by atoms with Crippen LogP contribution in [0, 0.1) is 19.8 Å². The van der Waals surface area contributed by atoms with Crippen LogP contribution < -0.4 is 10.2 Å². The molecule has 1 aliphatic rings. The summed E-state index contributed by atoms with van der Waals surface area (Å²) in [6.07, 6.45) is 7.32. The predicted molar refractivity (Wildman–Crippen MR) is 94.1 cm³/mol. The summed E-state index contributed by atoms with van der Waals surface area (Å²) in [5.41, 5.74) is 5.54. The van der Waals surface area contributed by atoms with E-state index < -0.39 is 0 Å². The average Bonchev–Trinajstić information content (AvgIpc) is 2.49. The highest BCUT2D eigenvalue weighted by molar-refractivity contribution is 5.64. The first kappa shape index (κ1) is 16.1. The summed E-state index contributed by atoms with van der Waals surface area (Å²) in [6.45, 7) is 13.4. The lowest BCUT2D eigenvalue weighted by Gasteiger charge is -2.23. The molecule has 1 saturated heterocycles. The van der Waals surface area contributed by atoms with Crippen LogP contribution in [0.15, 0.2) is 18.2 Å². The van der Waals surface area contributed by atoms with E-state index in [0.29, 0.717) is 0 Å². The van der Waals surface area contributed by atoms with Crippen molar-refractivity contribution < 1.29 is 0 Å². The molecule has 1 aromatic carbocycles. The second kappa shape index (κ2) is 7.65. The van der Waals surface area contributed by atoms with E-state index in [2.05, 4.69) is 62.2 Å². The highest BCUT2D eigenvalue weighted by Gasteiger charge is 2.11. The molecule has 1 fully saturated rings. The van der Waals surface area contributed by atoms with Gasteiger partial charge in [-0.25, -0.2) is 0 Å². The molecule has 0 amide bonds. The number of nitrogens with zero attached hydrogens (tertiary/aromatic N) is 1. The molecule has 116 valence electrons. The molecule has 1 heterocycles. The summed E-state index contributed by atoms with van der Waals surface area (Å²) in [7, 11) is 0. The first-order valence-corrected chi connectivity index (χ1v) is 8.40. The molecule has 0 radical (unpaired) electrons. The van der Waals surface area contributed by atoms with Gasteiger partial charge < -0.3 is 10.2 Å². The Morgan fingerprint density at radius 3 is 2.19 bits per heavy atom. The van der Waals surface area contributed by atoms with Crippen molar-refractivity contribution >= 4 is 11.8 Å². The fraction of sp³-hybridized carbons (Fsp3) is 0.579. The molecular formula is C19H30N2. The molecule has 0 saturated carbocycles. The SMILES string of the molecule is CCN(CC)c1cc(C)c(C=CC2CCNCC2)c(C)c1. The summed E-state index contributed by atoms with van der Waals surface area (Å²) >= 11 is 0. The zero-order valence-corrected chi connectivity index (χ0v) is 14.1. The van der Waals surface area contributed by atoms with Crippen LogP contribution in [0.3, 0.4) is 0 Å². The smallest absolute Gasteiger partial charge is 0.0371 e. The summed E-state index contributed by atoms with van der Waals surface area (Å²) in [4.78, 5) is 2.42. The number of nitrogens with one attached hydrogen (secondary N) is 1. The Kier molecular flexibility index (Phi) is 5.86. The molecule has 0 atom stereocenters. The quantitative estimate of drug-likeness (QED) is 0.874. The van der Waals surface area contributed by atoms with E-state index in [1.54, 1.807) is 0 Å². The van der Waals surface area contributed by atoms with Gasteiger partial charge in [0.1, 0.15) is 0 Å². The number of hydrogen-bond acceptors (Lipinski definition) is 2. The third-order valence-corrected chi connectivity index (χ3v) is 4.63.